The molecule has 1 heterocycles. The van der Waals surface area contributed by atoms with E-state index in [-0.39, 0.29) is 0 Å². The average Bonchev–Trinajstić information content (AvgIpc) is 2.78. The number of aromatic nitrogens is 1. The molecule has 0 spiro atoms. The second kappa shape index (κ2) is 5.69. The number of nitrogens with zero attached hydrogens (tertiary/aromatic N) is 1. The van der Waals surface area contributed by atoms with Crippen LogP contribution in [0.2, 0.25) is 0 Å². The van der Waals surface area contributed by atoms with Crippen LogP contribution in [0.25, 0.3) is 0 Å². The summed E-state index contributed by atoms with van der Waals surface area (Å²) in [6.45, 7) is 2.78. The number of nitrogens with one attached hydrogen (secondary N) is 1. The lowest BCUT2D eigenvalue weighted by atomic mass is 9.89. The summed E-state index contributed by atoms with van der Waals surface area (Å²) in [5.41, 5.74) is 0.789. The van der Waals surface area contributed by atoms with Crippen LogP contribution in [0.4, 0.5) is 5.13 Å². The molecule has 2 aliphatic carbocycles. The van der Waals surface area contributed by atoms with Crippen LogP contribution in [-0.2, 0) is 16.0 Å². The number of aliphatic carboxylic acids is 1. The number of carboxylic acids is 1. The minimum absolute atomic E-state index is 0.374. The molecule has 6 heteroatoms. The van der Waals surface area contributed by atoms with Gasteiger partial charge in [0.2, 0.25) is 0 Å². The van der Waals surface area contributed by atoms with Crippen molar-refractivity contribution < 1.29 is 14.6 Å². The van der Waals surface area contributed by atoms with E-state index in [1.165, 1.54) is 0 Å². The smallest absolute Gasteiger partial charge is 0.312 e. The molecule has 110 valence electrons. The third kappa shape index (κ3) is 2.67. The van der Waals surface area contributed by atoms with Crippen LogP contribution in [0.15, 0.2) is 0 Å². The van der Waals surface area contributed by atoms with Crippen molar-refractivity contribution in [2.75, 3.05) is 11.9 Å². The molecule has 0 saturated heterocycles. The summed E-state index contributed by atoms with van der Waals surface area (Å²) in [6, 6.07) is 0.419. The van der Waals surface area contributed by atoms with E-state index in [1.54, 1.807) is 11.3 Å². The highest BCUT2D eigenvalue weighted by Crippen LogP contribution is 2.38. The van der Waals surface area contributed by atoms with Crippen LogP contribution < -0.4 is 5.32 Å². The van der Waals surface area contributed by atoms with Crippen molar-refractivity contribution in [2.45, 2.75) is 57.1 Å². The zero-order valence-corrected chi connectivity index (χ0v) is 12.4. The van der Waals surface area contributed by atoms with E-state index in [0.29, 0.717) is 18.6 Å². The van der Waals surface area contributed by atoms with Gasteiger partial charge in [0.05, 0.1) is 11.8 Å². The molecule has 0 amide bonds. The summed E-state index contributed by atoms with van der Waals surface area (Å²) in [4.78, 5) is 16.9. The Balaban J connectivity index is 1.63. The van der Waals surface area contributed by atoms with Gasteiger partial charge in [-0.05, 0) is 39.0 Å². The number of carbonyl (C=O) groups is 1. The van der Waals surface area contributed by atoms with Crippen molar-refractivity contribution in [1.82, 2.24) is 4.98 Å². The second-order valence-electron chi connectivity index (χ2n) is 5.50. The SMILES string of the molecule is CCOC1CC(Nc2nc3c(s2)CCCC3C(=O)O)C1. The fourth-order valence-electron chi connectivity index (χ4n) is 2.95. The zero-order valence-electron chi connectivity index (χ0n) is 11.6. The van der Waals surface area contributed by atoms with Crippen molar-refractivity contribution >= 4 is 22.4 Å². The summed E-state index contributed by atoms with van der Waals surface area (Å²) in [5, 5.41) is 13.6. The van der Waals surface area contributed by atoms with Crippen LogP contribution >= 0.6 is 11.3 Å². The van der Waals surface area contributed by atoms with Crippen molar-refractivity contribution in [1.29, 1.82) is 0 Å². The molecule has 1 aromatic heterocycles. The number of rotatable bonds is 5. The Kier molecular flexibility index (Phi) is 3.94. The van der Waals surface area contributed by atoms with Gasteiger partial charge in [0, 0.05) is 17.5 Å². The van der Waals surface area contributed by atoms with E-state index in [9.17, 15) is 9.90 Å². The molecule has 20 heavy (non-hydrogen) atoms. The lowest BCUT2D eigenvalue weighted by Gasteiger charge is -2.35. The minimum atomic E-state index is -0.747. The number of carboxylic acid groups (broad SMARTS) is 1. The first-order chi connectivity index (χ1) is 9.67. The van der Waals surface area contributed by atoms with Gasteiger partial charge in [-0.2, -0.15) is 0 Å². The number of ether oxygens (including phenoxy) is 1. The molecule has 1 aromatic rings. The van der Waals surface area contributed by atoms with E-state index < -0.39 is 11.9 Å². The standard InChI is InChI=1S/C14H20N2O3S/c1-2-19-9-6-8(7-9)15-14-16-12-10(13(17)18)4-3-5-11(12)20-14/h8-10H,2-7H2,1H3,(H,15,16)(H,17,18). The Morgan fingerprint density at radius 1 is 1.55 bits per heavy atom. The van der Waals surface area contributed by atoms with Gasteiger partial charge in [-0.1, -0.05) is 0 Å². The van der Waals surface area contributed by atoms with E-state index in [2.05, 4.69) is 10.3 Å². The van der Waals surface area contributed by atoms with E-state index in [1.807, 2.05) is 6.92 Å². The van der Waals surface area contributed by atoms with Crippen molar-refractivity contribution in [3.63, 3.8) is 0 Å². The highest BCUT2D eigenvalue weighted by atomic mass is 32.1. The Hall–Kier alpha value is -1.14. The highest BCUT2D eigenvalue weighted by Gasteiger charge is 2.33. The van der Waals surface area contributed by atoms with Crippen LogP contribution in [0.1, 0.15) is 49.1 Å². The molecule has 1 saturated carbocycles. The highest BCUT2D eigenvalue weighted by molar-refractivity contribution is 7.15. The van der Waals surface area contributed by atoms with E-state index in [0.717, 1.165) is 48.0 Å². The van der Waals surface area contributed by atoms with Gasteiger partial charge in [-0.3, -0.25) is 4.79 Å². The number of thiazole rings is 1. The van der Waals surface area contributed by atoms with Crippen molar-refractivity contribution in [3.05, 3.63) is 10.6 Å². The van der Waals surface area contributed by atoms with Gasteiger partial charge in [-0.25, -0.2) is 4.98 Å². The summed E-state index contributed by atoms with van der Waals surface area (Å²) < 4.78 is 5.54. The van der Waals surface area contributed by atoms with Crippen molar-refractivity contribution in [2.24, 2.45) is 0 Å². The molecule has 0 aromatic carbocycles. The molecule has 3 rings (SSSR count). The maximum Gasteiger partial charge on any atom is 0.312 e. The third-order valence-electron chi connectivity index (χ3n) is 4.08. The molecule has 1 unspecified atom stereocenters. The summed E-state index contributed by atoms with van der Waals surface area (Å²) in [7, 11) is 0. The molecular formula is C14H20N2O3S. The monoisotopic (exact) mass is 296 g/mol. The van der Waals surface area contributed by atoms with Crippen LogP contribution in [0.5, 0.6) is 0 Å². The van der Waals surface area contributed by atoms with Gasteiger partial charge in [0.15, 0.2) is 5.13 Å². The molecule has 1 atom stereocenters. The van der Waals surface area contributed by atoms with Crippen LogP contribution in [-0.4, -0.2) is 34.8 Å². The fourth-order valence-corrected chi connectivity index (χ4v) is 4.09. The van der Waals surface area contributed by atoms with Gasteiger partial charge < -0.3 is 15.2 Å². The number of anilines is 1. The predicted octanol–water partition coefficient (Wildman–Crippen LogP) is 2.63. The molecule has 1 fully saturated rings. The average molecular weight is 296 g/mol. The Bertz CT molecular complexity index is 497. The maximum atomic E-state index is 11.3. The number of fused-ring (bicyclic) bond motifs is 1. The molecule has 0 bridgehead atoms. The fraction of sp³-hybridized carbons (Fsp3) is 0.714. The molecular weight excluding hydrogens is 276 g/mol. The van der Waals surface area contributed by atoms with E-state index >= 15 is 0 Å². The predicted molar refractivity (Wildman–Crippen MR) is 77.5 cm³/mol. The topological polar surface area (TPSA) is 71.5 Å². The number of hydrogen-bond acceptors (Lipinski definition) is 5. The Morgan fingerprint density at radius 3 is 3.05 bits per heavy atom. The second-order valence-corrected chi connectivity index (χ2v) is 6.58. The normalized spacial score (nSPS) is 28.6. The lowest BCUT2D eigenvalue weighted by Crippen LogP contribution is -2.40. The molecule has 0 aliphatic heterocycles. The minimum Gasteiger partial charge on any atom is -0.481 e. The molecule has 2 N–H and O–H groups in total. The maximum absolute atomic E-state index is 11.3. The lowest BCUT2D eigenvalue weighted by molar-refractivity contribution is -0.139. The summed E-state index contributed by atoms with van der Waals surface area (Å²) >= 11 is 1.62. The number of hydrogen-bond donors (Lipinski definition) is 2. The summed E-state index contributed by atoms with van der Waals surface area (Å²) in [6.07, 6.45) is 5.02. The Morgan fingerprint density at radius 2 is 2.35 bits per heavy atom. The first-order valence-corrected chi connectivity index (χ1v) is 8.09. The largest absolute Gasteiger partial charge is 0.481 e. The van der Waals surface area contributed by atoms with E-state index in [4.69, 9.17) is 4.74 Å². The third-order valence-corrected chi connectivity index (χ3v) is 5.14. The van der Waals surface area contributed by atoms with Gasteiger partial charge in [-0.15, -0.1) is 11.3 Å². The Labute approximate surface area is 122 Å². The van der Waals surface area contributed by atoms with Gasteiger partial charge >= 0.3 is 5.97 Å². The number of aryl methyl sites for hydroxylation is 1. The van der Waals surface area contributed by atoms with Crippen LogP contribution in [0.3, 0.4) is 0 Å². The van der Waals surface area contributed by atoms with Gasteiger partial charge in [0.25, 0.3) is 0 Å². The first kappa shape index (κ1) is 13.8. The molecule has 0 radical (unpaired) electrons. The summed E-state index contributed by atoms with van der Waals surface area (Å²) in [5.74, 6) is -1.16. The van der Waals surface area contributed by atoms with Crippen LogP contribution in [0, 0.1) is 0 Å². The molecule has 2 aliphatic rings. The van der Waals surface area contributed by atoms with Crippen molar-refractivity contribution in [3.8, 4) is 0 Å². The quantitative estimate of drug-likeness (QED) is 0.874. The molecule has 5 nitrogen and oxygen atoms in total. The first-order valence-electron chi connectivity index (χ1n) is 7.28. The zero-order chi connectivity index (χ0) is 14.1. The van der Waals surface area contributed by atoms with Gasteiger partial charge in [0.1, 0.15) is 5.92 Å².